The molecule has 1 fully saturated rings. The minimum atomic E-state index is -3.79. The second kappa shape index (κ2) is 19.0. The first-order valence-corrected chi connectivity index (χ1v) is 18.0. The summed E-state index contributed by atoms with van der Waals surface area (Å²) in [6, 6.07) is 27.7. The van der Waals surface area contributed by atoms with E-state index in [2.05, 4.69) is 5.32 Å². The number of hydrogen-bond donors (Lipinski definition) is 2. The number of nitrogens with one attached hydrogen (secondary N) is 1. The third kappa shape index (κ3) is 12.3. The summed E-state index contributed by atoms with van der Waals surface area (Å²) in [7, 11) is -3.79. The van der Waals surface area contributed by atoms with Crippen LogP contribution in [0.3, 0.4) is 0 Å². The van der Waals surface area contributed by atoms with Gasteiger partial charge in [0.25, 0.3) is 5.91 Å². The van der Waals surface area contributed by atoms with Crippen LogP contribution in [0.2, 0.25) is 0 Å². The van der Waals surface area contributed by atoms with Gasteiger partial charge in [0.1, 0.15) is 18.8 Å². The number of likely N-dealkylation sites (tertiary alicyclic amines) is 1. The minimum absolute atomic E-state index is 0.0498. The molecule has 10 nitrogen and oxygen atoms in total. The Bertz CT molecular complexity index is 1440. The van der Waals surface area contributed by atoms with Crippen molar-refractivity contribution in [3.05, 3.63) is 108 Å². The summed E-state index contributed by atoms with van der Waals surface area (Å²) in [5.74, 6) is -1.57. The number of ether oxygens (including phenoxy) is 1. The number of nitrogens with zero attached hydrogens (tertiary/aromatic N) is 1. The van der Waals surface area contributed by atoms with Gasteiger partial charge in [0.05, 0.1) is 12.8 Å². The molecule has 0 radical (unpaired) electrons. The number of benzene rings is 3. The zero-order valence-corrected chi connectivity index (χ0v) is 27.6. The van der Waals surface area contributed by atoms with Gasteiger partial charge in [0, 0.05) is 13.1 Å². The second-order valence-corrected chi connectivity index (χ2v) is 13.8. The summed E-state index contributed by atoms with van der Waals surface area (Å²) >= 11 is 0. The van der Waals surface area contributed by atoms with Crippen molar-refractivity contribution in [1.82, 2.24) is 10.2 Å². The molecule has 0 aliphatic carbocycles. The Kier molecular flexibility index (Phi) is 14.5. The van der Waals surface area contributed by atoms with Gasteiger partial charge in [-0.3, -0.25) is 13.9 Å². The van der Waals surface area contributed by atoms with Gasteiger partial charge in [0.15, 0.2) is 0 Å². The number of carbonyl (C=O) groups excluding carboxylic acids is 2. The fraction of sp³-hybridized carbons (Fsp3) is 0.417. The lowest BCUT2D eigenvalue weighted by Gasteiger charge is -2.29. The van der Waals surface area contributed by atoms with E-state index in [1.54, 1.807) is 0 Å². The van der Waals surface area contributed by atoms with Crippen molar-refractivity contribution in [2.45, 2.75) is 76.7 Å². The lowest BCUT2D eigenvalue weighted by Crippen LogP contribution is -2.46. The van der Waals surface area contributed by atoms with Crippen molar-refractivity contribution < 1.29 is 37.8 Å². The standard InChI is InChI=1S/C36H45N2O8P/c39-34(38-25-14-22-32(38)35(40)41)33(23-10-12-24-37-36(42)44-27-30-18-6-2-7-19-30)46-47(43,45-28-31-20-8-3-9-21-31)26-13-11-17-29-15-4-1-5-16-29/h1-9,15-16,18-21,32-33H,10-14,17,22-28H2,(H,37,42)(H,40,41)/t32-,33-,47?/m0/s1. The number of rotatable bonds is 19. The van der Waals surface area contributed by atoms with Crippen LogP contribution < -0.4 is 5.32 Å². The zero-order valence-electron chi connectivity index (χ0n) is 26.7. The summed E-state index contributed by atoms with van der Waals surface area (Å²) in [6.45, 7) is 0.795. The van der Waals surface area contributed by atoms with Gasteiger partial charge in [-0.2, -0.15) is 0 Å². The van der Waals surface area contributed by atoms with E-state index < -0.39 is 37.7 Å². The van der Waals surface area contributed by atoms with Crippen LogP contribution >= 0.6 is 7.60 Å². The number of carboxylic acid groups (broad SMARTS) is 1. The summed E-state index contributed by atoms with van der Waals surface area (Å²) in [6.07, 6.45) is 2.58. The smallest absolute Gasteiger partial charge is 0.407 e. The van der Waals surface area contributed by atoms with Crippen molar-refractivity contribution in [3.63, 3.8) is 0 Å². The summed E-state index contributed by atoms with van der Waals surface area (Å²) in [5.41, 5.74) is 2.87. The number of amides is 2. The summed E-state index contributed by atoms with van der Waals surface area (Å²) in [4.78, 5) is 39.2. The molecule has 1 heterocycles. The van der Waals surface area contributed by atoms with Gasteiger partial charge >= 0.3 is 19.7 Å². The number of carboxylic acids is 1. The van der Waals surface area contributed by atoms with E-state index in [-0.39, 0.29) is 32.3 Å². The van der Waals surface area contributed by atoms with E-state index in [0.717, 1.165) is 24.0 Å². The van der Waals surface area contributed by atoms with Crippen LogP contribution in [0.1, 0.15) is 61.6 Å². The van der Waals surface area contributed by atoms with E-state index in [1.165, 1.54) is 10.5 Å². The Hall–Kier alpha value is -3.98. The monoisotopic (exact) mass is 664 g/mol. The Labute approximate surface area is 277 Å². The maximum Gasteiger partial charge on any atom is 0.407 e. The molecule has 1 unspecified atom stereocenters. The van der Waals surface area contributed by atoms with Crippen LogP contribution in [0.15, 0.2) is 91.0 Å². The number of aryl methyl sites for hydroxylation is 1. The molecule has 2 N–H and O–H groups in total. The molecule has 3 atom stereocenters. The molecule has 0 saturated carbocycles. The highest BCUT2D eigenvalue weighted by Crippen LogP contribution is 2.52. The lowest BCUT2D eigenvalue weighted by molar-refractivity contribution is -0.151. The summed E-state index contributed by atoms with van der Waals surface area (Å²) in [5, 5.41) is 12.5. The van der Waals surface area contributed by atoms with E-state index in [0.29, 0.717) is 38.6 Å². The molecule has 11 heteroatoms. The third-order valence-corrected chi connectivity index (χ3v) is 9.98. The molecule has 3 aromatic rings. The quantitative estimate of drug-likeness (QED) is 0.104. The molecular weight excluding hydrogens is 619 g/mol. The van der Waals surface area contributed by atoms with Crippen LogP contribution in [0.5, 0.6) is 0 Å². The van der Waals surface area contributed by atoms with Crippen LogP contribution in [-0.2, 0) is 47.6 Å². The van der Waals surface area contributed by atoms with Crippen molar-refractivity contribution in [2.75, 3.05) is 19.3 Å². The Balaban J connectivity index is 1.38. The van der Waals surface area contributed by atoms with E-state index >= 15 is 0 Å². The fourth-order valence-corrected chi connectivity index (χ4v) is 7.32. The normalized spacial score (nSPS) is 16.3. The molecule has 1 aliphatic rings. The average Bonchev–Trinajstić information content (AvgIpc) is 3.60. The molecule has 1 aliphatic heterocycles. The molecule has 0 bridgehead atoms. The fourth-order valence-electron chi connectivity index (χ4n) is 5.48. The van der Waals surface area contributed by atoms with Crippen molar-refractivity contribution >= 4 is 25.6 Å². The number of hydrogen-bond acceptors (Lipinski definition) is 7. The first-order valence-electron chi connectivity index (χ1n) is 16.3. The minimum Gasteiger partial charge on any atom is -0.480 e. The predicted molar refractivity (Wildman–Crippen MR) is 179 cm³/mol. The Morgan fingerprint density at radius 1 is 0.830 bits per heavy atom. The highest BCUT2D eigenvalue weighted by molar-refractivity contribution is 7.53. The molecule has 1 saturated heterocycles. The zero-order chi connectivity index (χ0) is 33.3. The molecule has 0 spiro atoms. The van der Waals surface area contributed by atoms with E-state index in [4.69, 9.17) is 13.8 Å². The van der Waals surface area contributed by atoms with Crippen molar-refractivity contribution in [2.24, 2.45) is 0 Å². The first kappa shape index (κ1) is 35.9. The van der Waals surface area contributed by atoms with E-state index in [1.807, 2.05) is 91.0 Å². The first-order chi connectivity index (χ1) is 22.8. The lowest BCUT2D eigenvalue weighted by atomic mass is 10.1. The van der Waals surface area contributed by atoms with Gasteiger partial charge in [0.2, 0.25) is 0 Å². The Morgan fingerprint density at radius 2 is 1.45 bits per heavy atom. The van der Waals surface area contributed by atoms with Gasteiger partial charge in [-0.1, -0.05) is 91.0 Å². The SMILES string of the molecule is O=C(NCCCC[C@H](OP(=O)(CCCCc1ccccc1)OCc1ccccc1)C(=O)N1CCC[C@H]1C(=O)O)OCc1ccccc1. The number of unbranched alkanes of at least 4 members (excludes halogenated alkanes) is 2. The highest BCUT2D eigenvalue weighted by Gasteiger charge is 2.40. The number of carbonyl (C=O) groups is 3. The Morgan fingerprint density at radius 3 is 2.09 bits per heavy atom. The molecule has 2 amide bonds. The molecular formula is C36H45N2O8P. The molecule has 3 aromatic carbocycles. The van der Waals surface area contributed by atoms with Crippen LogP contribution in [-0.4, -0.2) is 59.4 Å². The molecule has 252 valence electrons. The third-order valence-electron chi connectivity index (χ3n) is 8.02. The predicted octanol–water partition coefficient (Wildman–Crippen LogP) is 6.98. The summed E-state index contributed by atoms with van der Waals surface area (Å²) < 4.78 is 31.7. The van der Waals surface area contributed by atoms with Gasteiger partial charge in [-0.05, 0) is 68.1 Å². The maximum absolute atomic E-state index is 14.3. The van der Waals surface area contributed by atoms with Crippen LogP contribution in [0, 0.1) is 0 Å². The topological polar surface area (TPSA) is 131 Å². The second-order valence-electron chi connectivity index (χ2n) is 11.6. The largest absolute Gasteiger partial charge is 0.480 e. The number of aliphatic carboxylic acids is 1. The maximum atomic E-state index is 14.3. The van der Waals surface area contributed by atoms with Crippen LogP contribution in [0.25, 0.3) is 0 Å². The van der Waals surface area contributed by atoms with Gasteiger partial charge in [-0.25, -0.2) is 9.59 Å². The van der Waals surface area contributed by atoms with Crippen LogP contribution in [0.4, 0.5) is 4.79 Å². The van der Waals surface area contributed by atoms with Gasteiger partial charge in [-0.15, -0.1) is 0 Å². The van der Waals surface area contributed by atoms with Crippen molar-refractivity contribution in [3.8, 4) is 0 Å². The average molecular weight is 665 g/mol. The molecule has 4 rings (SSSR count). The van der Waals surface area contributed by atoms with Crippen molar-refractivity contribution in [1.29, 1.82) is 0 Å². The molecule has 47 heavy (non-hydrogen) atoms. The number of alkyl carbamates (subject to hydrolysis) is 1. The van der Waals surface area contributed by atoms with E-state index in [9.17, 15) is 24.1 Å². The highest BCUT2D eigenvalue weighted by atomic mass is 31.2. The molecule has 0 aromatic heterocycles. The van der Waals surface area contributed by atoms with Gasteiger partial charge < -0.3 is 24.6 Å².